The van der Waals surface area contributed by atoms with Gasteiger partial charge in [0, 0.05) is 11.9 Å². The lowest BCUT2D eigenvalue weighted by Gasteiger charge is -2.20. The molecule has 2 aromatic rings. The van der Waals surface area contributed by atoms with Crippen LogP contribution in [0, 0.1) is 12.8 Å². The Morgan fingerprint density at radius 2 is 1.87 bits per heavy atom. The molecule has 0 bridgehead atoms. The van der Waals surface area contributed by atoms with Gasteiger partial charge < -0.3 is 15.7 Å². The van der Waals surface area contributed by atoms with Crippen molar-refractivity contribution < 1.29 is 9.90 Å². The fourth-order valence-corrected chi connectivity index (χ4v) is 2.07. The van der Waals surface area contributed by atoms with Crippen molar-refractivity contribution in [3.8, 4) is 0 Å². The second kappa shape index (κ2) is 7.74. The van der Waals surface area contributed by atoms with Crippen LogP contribution in [0.5, 0.6) is 0 Å². The number of aryl methyl sites for hydroxylation is 1. The zero-order valence-electron chi connectivity index (χ0n) is 13.7. The zero-order valence-corrected chi connectivity index (χ0v) is 13.7. The van der Waals surface area contributed by atoms with E-state index < -0.39 is 0 Å². The molecule has 1 heterocycles. The second-order valence-electron chi connectivity index (χ2n) is 5.93. The summed E-state index contributed by atoms with van der Waals surface area (Å²) in [6, 6.07) is 11.0. The molecule has 0 aliphatic heterocycles. The van der Waals surface area contributed by atoms with E-state index in [9.17, 15) is 9.90 Å². The maximum Gasteiger partial charge on any atom is 0.257 e. The second-order valence-corrected chi connectivity index (χ2v) is 5.93. The molecule has 0 saturated heterocycles. The number of hydrogen-bond donors (Lipinski definition) is 3. The Labute approximate surface area is 136 Å². The van der Waals surface area contributed by atoms with E-state index in [0.29, 0.717) is 11.4 Å². The molecule has 1 aromatic carbocycles. The molecule has 0 fully saturated rings. The Balaban J connectivity index is 2.01. The van der Waals surface area contributed by atoms with Gasteiger partial charge in [-0.25, -0.2) is 4.98 Å². The Morgan fingerprint density at radius 1 is 1.17 bits per heavy atom. The third-order valence-corrected chi connectivity index (χ3v) is 3.67. The van der Waals surface area contributed by atoms with E-state index in [-0.39, 0.29) is 24.5 Å². The Bertz CT molecular complexity index is 636. The van der Waals surface area contributed by atoms with Gasteiger partial charge in [0.1, 0.15) is 5.82 Å². The molecule has 2 rings (SSSR count). The highest BCUT2D eigenvalue weighted by Gasteiger charge is 2.13. The third-order valence-electron chi connectivity index (χ3n) is 3.67. The lowest BCUT2D eigenvalue weighted by Crippen LogP contribution is -2.29. The SMILES string of the molecule is Cc1ccc(NC(=O)c2ccc(N[C@@H](CO)C(C)C)nc2)cc1. The number of nitrogens with zero attached hydrogens (tertiary/aromatic N) is 1. The van der Waals surface area contributed by atoms with Crippen LogP contribution in [0.3, 0.4) is 0 Å². The van der Waals surface area contributed by atoms with Crippen molar-refractivity contribution in [3.05, 3.63) is 53.7 Å². The molecule has 0 radical (unpaired) electrons. The van der Waals surface area contributed by atoms with Crippen molar-refractivity contribution in [3.63, 3.8) is 0 Å². The minimum atomic E-state index is -0.199. The van der Waals surface area contributed by atoms with Crippen LogP contribution in [0.1, 0.15) is 29.8 Å². The first-order valence-electron chi connectivity index (χ1n) is 7.71. The summed E-state index contributed by atoms with van der Waals surface area (Å²) < 4.78 is 0. The van der Waals surface area contributed by atoms with Crippen molar-refractivity contribution in [1.29, 1.82) is 0 Å². The maximum absolute atomic E-state index is 12.2. The van der Waals surface area contributed by atoms with Gasteiger partial charge in [0.15, 0.2) is 0 Å². The Hall–Kier alpha value is -2.40. The minimum Gasteiger partial charge on any atom is -0.394 e. The lowest BCUT2D eigenvalue weighted by atomic mass is 10.1. The van der Waals surface area contributed by atoms with Gasteiger partial charge in [0.2, 0.25) is 0 Å². The summed E-state index contributed by atoms with van der Waals surface area (Å²) in [6.45, 7) is 6.08. The number of benzene rings is 1. The number of aliphatic hydroxyl groups is 1. The molecular weight excluding hydrogens is 290 g/mol. The fourth-order valence-electron chi connectivity index (χ4n) is 2.07. The highest BCUT2D eigenvalue weighted by molar-refractivity contribution is 6.04. The molecule has 1 atom stereocenters. The number of pyridine rings is 1. The maximum atomic E-state index is 12.2. The van der Waals surface area contributed by atoms with Gasteiger partial charge in [0.05, 0.1) is 18.2 Å². The predicted molar refractivity (Wildman–Crippen MR) is 92.7 cm³/mol. The van der Waals surface area contributed by atoms with E-state index in [1.165, 1.54) is 6.20 Å². The summed E-state index contributed by atoms with van der Waals surface area (Å²) in [5.74, 6) is 0.728. The van der Waals surface area contributed by atoms with Gasteiger partial charge >= 0.3 is 0 Å². The number of hydrogen-bond acceptors (Lipinski definition) is 4. The molecule has 0 aliphatic carbocycles. The van der Waals surface area contributed by atoms with Crippen LogP contribution in [0.2, 0.25) is 0 Å². The van der Waals surface area contributed by atoms with Gasteiger partial charge in [-0.05, 0) is 37.1 Å². The quantitative estimate of drug-likeness (QED) is 0.766. The highest BCUT2D eigenvalue weighted by Crippen LogP contribution is 2.13. The largest absolute Gasteiger partial charge is 0.394 e. The molecule has 3 N–H and O–H groups in total. The number of carbonyl (C=O) groups is 1. The summed E-state index contributed by atoms with van der Waals surface area (Å²) in [7, 11) is 0. The molecule has 1 amide bonds. The molecular formula is C18H23N3O2. The molecule has 0 saturated carbocycles. The number of carbonyl (C=O) groups excluding carboxylic acids is 1. The molecule has 0 spiro atoms. The lowest BCUT2D eigenvalue weighted by molar-refractivity contribution is 0.102. The monoisotopic (exact) mass is 313 g/mol. The average molecular weight is 313 g/mol. The van der Waals surface area contributed by atoms with Crippen LogP contribution in [0.25, 0.3) is 0 Å². The van der Waals surface area contributed by atoms with Gasteiger partial charge in [0.25, 0.3) is 5.91 Å². The van der Waals surface area contributed by atoms with Crippen molar-refractivity contribution in [2.75, 3.05) is 17.2 Å². The van der Waals surface area contributed by atoms with Crippen molar-refractivity contribution >= 4 is 17.4 Å². The molecule has 23 heavy (non-hydrogen) atoms. The van der Waals surface area contributed by atoms with Gasteiger partial charge in [-0.1, -0.05) is 31.5 Å². The smallest absolute Gasteiger partial charge is 0.257 e. The first-order chi connectivity index (χ1) is 11.0. The van der Waals surface area contributed by atoms with Gasteiger partial charge in [-0.15, -0.1) is 0 Å². The Kier molecular flexibility index (Phi) is 5.71. The molecule has 1 aromatic heterocycles. The van der Waals surface area contributed by atoms with Crippen LogP contribution < -0.4 is 10.6 Å². The molecule has 122 valence electrons. The molecule has 5 nitrogen and oxygen atoms in total. The number of aliphatic hydroxyl groups excluding tert-OH is 1. The highest BCUT2D eigenvalue weighted by atomic mass is 16.3. The summed E-state index contributed by atoms with van der Waals surface area (Å²) in [5, 5.41) is 15.3. The molecule has 0 unspecified atom stereocenters. The summed E-state index contributed by atoms with van der Waals surface area (Å²) in [4.78, 5) is 16.4. The predicted octanol–water partition coefficient (Wildman–Crippen LogP) is 3.07. The summed E-state index contributed by atoms with van der Waals surface area (Å²) in [6.07, 6.45) is 1.53. The van der Waals surface area contributed by atoms with Crippen LogP contribution in [0.4, 0.5) is 11.5 Å². The molecule has 5 heteroatoms. The number of nitrogens with one attached hydrogen (secondary N) is 2. The number of rotatable bonds is 6. The van der Waals surface area contributed by atoms with Crippen molar-refractivity contribution in [2.45, 2.75) is 26.8 Å². The van der Waals surface area contributed by atoms with Crippen LogP contribution in [-0.2, 0) is 0 Å². The minimum absolute atomic E-state index is 0.0367. The van der Waals surface area contributed by atoms with E-state index in [0.717, 1.165) is 11.3 Å². The fraction of sp³-hybridized carbons (Fsp3) is 0.333. The van der Waals surface area contributed by atoms with Crippen molar-refractivity contribution in [2.24, 2.45) is 5.92 Å². The topological polar surface area (TPSA) is 74.2 Å². The molecule has 0 aliphatic rings. The van der Waals surface area contributed by atoms with Crippen LogP contribution >= 0.6 is 0 Å². The first kappa shape index (κ1) is 17.0. The van der Waals surface area contributed by atoms with E-state index in [1.807, 2.05) is 45.0 Å². The average Bonchev–Trinajstić information content (AvgIpc) is 2.55. The number of anilines is 2. The van der Waals surface area contributed by atoms with Gasteiger partial charge in [-0.3, -0.25) is 4.79 Å². The van der Waals surface area contributed by atoms with E-state index in [1.54, 1.807) is 12.1 Å². The first-order valence-corrected chi connectivity index (χ1v) is 7.71. The van der Waals surface area contributed by atoms with Crippen LogP contribution in [0.15, 0.2) is 42.6 Å². The van der Waals surface area contributed by atoms with E-state index in [2.05, 4.69) is 15.6 Å². The van der Waals surface area contributed by atoms with Crippen molar-refractivity contribution in [1.82, 2.24) is 4.98 Å². The van der Waals surface area contributed by atoms with Crippen LogP contribution in [-0.4, -0.2) is 28.6 Å². The van der Waals surface area contributed by atoms with Gasteiger partial charge in [-0.2, -0.15) is 0 Å². The summed E-state index contributed by atoms with van der Waals surface area (Å²) in [5.41, 5.74) is 2.38. The third kappa shape index (κ3) is 4.79. The summed E-state index contributed by atoms with van der Waals surface area (Å²) >= 11 is 0. The van der Waals surface area contributed by atoms with E-state index in [4.69, 9.17) is 0 Å². The normalized spacial score (nSPS) is 12.0. The number of aromatic nitrogens is 1. The Morgan fingerprint density at radius 3 is 2.39 bits per heavy atom. The standard InChI is InChI=1S/C18H23N3O2/c1-12(2)16(11-22)21-17-9-6-14(10-19-17)18(23)20-15-7-4-13(3)5-8-15/h4-10,12,16,22H,11H2,1-3H3,(H,19,21)(H,20,23)/t16-/m0/s1. The zero-order chi connectivity index (χ0) is 16.8. The van der Waals surface area contributed by atoms with E-state index >= 15 is 0 Å². The number of amides is 1.